The van der Waals surface area contributed by atoms with E-state index in [2.05, 4.69) is 15.2 Å². The molecule has 3 aromatic rings. The van der Waals surface area contributed by atoms with E-state index in [0.717, 1.165) is 23.0 Å². The number of halogens is 1. The maximum atomic E-state index is 12.7. The van der Waals surface area contributed by atoms with E-state index in [1.807, 2.05) is 34.7 Å². The van der Waals surface area contributed by atoms with Crippen LogP contribution in [0.1, 0.15) is 5.82 Å². The van der Waals surface area contributed by atoms with Crippen molar-refractivity contribution in [1.82, 2.24) is 24.1 Å². The predicted octanol–water partition coefficient (Wildman–Crippen LogP) is 2.20. The number of piperazine rings is 1. The van der Waals surface area contributed by atoms with Gasteiger partial charge in [-0.05, 0) is 31.2 Å². The van der Waals surface area contributed by atoms with E-state index in [9.17, 15) is 8.42 Å². The van der Waals surface area contributed by atoms with Crippen LogP contribution in [0.25, 0.3) is 5.82 Å². The lowest BCUT2D eigenvalue weighted by molar-refractivity contribution is 0.384. The minimum absolute atomic E-state index is 0.279. The van der Waals surface area contributed by atoms with Crippen LogP contribution in [0.3, 0.4) is 0 Å². The summed E-state index contributed by atoms with van der Waals surface area (Å²) in [5, 5.41) is 8.55. The molecular formula is C16H17ClN6O2S2. The van der Waals surface area contributed by atoms with Gasteiger partial charge >= 0.3 is 0 Å². The van der Waals surface area contributed by atoms with Crippen LogP contribution in [-0.2, 0) is 10.0 Å². The first-order chi connectivity index (χ1) is 12.9. The number of sulfonamides is 1. The van der Waals surface area contributed by atoms with E-state index in [0.29, 0.717) is 36.3 Å². The normalized spacial score (nSPS) is 16.0. The first kappa shape index (κ1) is 18.4. The molecule has 0 atom stereocenters. The minimum atomic E-state index is -3.49. The zero-order valence-electron chi connectivity index (χ0n) is 14.5. The maximum absolute atomic E-state index is 12.7. The first-order valence-electron chi connectivity index (χ1n) is 8.29. The molecule has 0 saturated carbocycles. The number of nitrogens with zero attached hydrogens (tertiary/aromatic N) is 6. The van der Waals surface area contributed by atoms with Crippen LogP contribution in [0.2, 0.25) is 4.34 Å². The average molecular weight is 425 g/mol. The number of anilines is 1. The number of imidazole rings is 1. The molecule has 27 heavy (non-hydrogen) atoms. The van der Waals surface area contributed by atoms with Crippen LogP contribution >= 0.6 is 22.9 Å². The van der Waals surface area contributed by atoms with E-state index in [-0.39, 0.29) is 4.21 Å². The van der Waals surface area contributed by atoms with Crippen LogP contribution in [0.15, 0.2) is 40.9 Å². The summed E-state index contributed by atoms with van der Waals surface area (Å²) < 4.78 is 29.4. The Balaban J connectivity index is 1.44. The lowest BCUT2D eigenvalue weighted by Crippen LogP contribution is -2.48. The molecule has 4 rings (SSSR count). The highest BCUT2D eigenvalue weighted by Crippen LogP contribution is 2.29. The summed E-state index contributed by atoms with van der Waals surface area (Å²) in [5.41, 5.74) is 0. The third-order valence-electron chi connectivity index (χ3n) is 4.41. The van der Waals surface area contributed by atoms with Crippen molar-refractivity contribution in [1.29, 1.82) is 0 Å². The Kier molecular flexibility index (Phi) is 4.89. The van der Waals surface area contributed by atoms with Crippen LogP contribution < -0.4 is 4.90 Å². The summed E-state index contributed by atoms with van der Waals surface area (Å²) in [6, 6.07) is 6.93. The van der Waals surface area contributed by atoms with E-state index in [1.54, 1.807) is 18.3 Å². The zero-order valence-corrected chi connectivity index (χ0v) is 16.9. The number of hydrogen-bond acceptors (Lipinski definition) is 7. The van der Waals surface area contributed by atoms with Gasteiger partial charge in [-0.25, -0.2) is 13.4 Å². The van der Waals surface area contributed by atoms with Gasteiger partial charge in [0.25, 0.3) is 10.0 Å². The van der Waals surface area contributed by atoms with Crippen molar-refractivity contribution >= 4 is 38.8 Å². The average Bonchev–Trinajstić information content (AvgIpc) is 3.31. The Morgan fingerprint density at radius 1 is 1.04 bits per heavy atom. The topological polar surface area (TPSA) is 84.2 Å². The smallest absolute Gasteiger partial charge is 0.252 e. The van der Waals surface area contributed by atoms with Crippen molar-refractivity contribution in [3.63, 3.8) is 0 Å². The second-order valence-electron chi connectivity index (χ2n) is 6.04. The van der Waals surface area contributed by atoms with Crippen molar-refractivity contribution < 1.29 is 8.42 Å². The molecule has 0 bridgehead atoms. The van der Waals surface area contributed by atoms with Gasteiger partial charge in [-0.1, -0.05) is 11.6 Å². The lowest BCUT2D eigenvalue weighted by Gasteiger charge is -2.34. The monoisotopic (exact) mass is 424 g/mol. The highest BCUT2D eigenvalue weighted by molar-refractivity contribution is 7.91. The molecule has 0 radical (unpaired) electrons. The van der Waals surface area contributed by atoms with Crippen molar-refractivity contribution in [3.8, 4) is 5.82 Å². The van der Waals surface area contributed by atoms with E-state index < -0.39 is 10.0 Å². The number of aryl methyl sites for hydroxylation is 1. The van der Waals surface area contributed by atoms with Gasteiger partial charge in [-0.3, -0.25) is 4.57 Å². The van der Waals surface area contributed by atoms with Gasteiger partial charge in [-0.2, -0.15) is 4.31 Å². The lowest BCUT2D eigenvalue weighted by atomic mass is 10.3. The Morgan fingerprint density at radius 3 is 2.30 bits per heavy atom. The minimum Gasteiger partial charge on any atom is -0.352 e. The fourth-order valence-electron chi connectivity index (χ4n) is 2.96. The fourth-order valence-corrected chi connectivity index (χ4v) is 6.02. The van der Waals surface area contributed by atoms with E-state index in [1.165, 1.54) is 4.31 Å². The molecule has 0 amide bonds. The Morgan fingerprint density at radius 2 is 1.74 bits per heavy atom. The molecule has 0 aromatic carbocycles. The molecule has 0 spiro atoms. The second-order valence-corrected chi connectivity index (χ2v) is 9.92. The standard InChI is InChI=1S/C16H17ClN6O2S2/c1-12-18-6-7-23(12)15-4-3-14(19-20-15)21-8-10-22(11-9-21)27(24,25)16-5-2-13(17)26-16/h2-7H,8-11H2,1H3. The Labute approximate surface area is 166 Å². The summed E-state index contributed by atoms with van der Waals surface area (Å²) in [5.74, 6) is 2.27. The molecule has 11 heteroatoms. The molecule has 1 aliphatic heterocycles. The highest BCUT2D eigenvalue weighted by atomic mass is 35.5. The molecule has 0 N–H and O–H groups in total. The molecular weight excluding hydrogens is 408 g/mol. The van der Waals surface area contributed by atoms with Gasteiger partial charge in [0.2, 0.25) is 0 Å². The molecule has 8 nitrogen and oxygen atoms in total. The number of rotatable bonds is 4. The van der Waals surface area contributed by atoms with Gasteiger partial charge in [0.1, 0.15) is 10.0 Å². The molecule has 0 unspecified atom stereocenters. The van der Waals surface area contributed by atoms with Crippen LogP contribution in [0.5, 0.6) is 0 Å². The molecule has 1 aliphatic rings. The largest absolute Gasteiger partial charge is 0.352 e. The van der Waals surface area contributed by atoms with Crippen LogP contribution in [-0.4, -0.2) is 58.7 Å². The van der Waals surface area contributed by atoms with Crippen LogP contribution in [0.4, 0.5) is 5.82 Å². The summed E-state index contributed by atoms with van der Waals surface area (Å²) in [4.78, 5) is 6.21. The number of hydrogen-bond donors (Lipinski definition) is 0. The Bertz CT molecular complexity index is 1040. The fraction of sp³-hybridized carbons (Fsp3) is 0.312. The summed E-state index contributed by atoms with van der Waals surface area (Å²) in [7, 11) is -3.49. The molecule has 142 valence electrons. The molecule has 4 heterocycles. The van der Waals surface area contributed by atoms with Gasteiger partial charge in [0.15, 0.2) is 11.6 Å². The molecule has 1 fully saturated rings. The molecule has 1 saturated heterocycles. The van der Waals surface area contributed by atoms with E-state index >= 15 is 0 Å². The van der Waals surface area contributed by atoms with Gasteiger partial charge in [-0.15, -0.1) is 21.5 Å². The molecule has 0 aliphatic carbocycles. The number of aromatic nitrogens is 4. The third kappa shape index (κ3) is 3.57. The van der Waals surface area contributed by atoms with Crippen molar-refractivity contribution in [3.05, 3.63) is 46.8 Å². The van der Waals surface area contributed by atoms with Crippen LogP contribution in [0, 0.1) is 6.92 Å². The quantitative estimate of drug-likeness (QED) is 0.638. The predicted molar refractivity (Wildman–Crippen MR) is 104 cm³/mol. The maximum Gasteiger partial charge on any atom is 0.252 e. The van der Waals surface area contributed by atoms with E-state index in [4.69, 9.17) is 11.6 Å². The van der Waals surface area contributed by atoms with Gasteiger partial charge in [0, 0.05) is 38.6 Å². The molecule has 3 aromatic heterocycles. The van der Waals surface area contributed by atoms with Crippen molar-refractivity contribution in [2.24, 2.45) is 0 Å². The SMILES string of the molecule is Cc1nccn1-c1ccc(N2CCN(S(=O)(=O)c3ccc(Cl)s3)CC2)nn1. The number of thiophene rings is 1. The third-order valence-corrected chi connectivity index (χ3v) is 8.01. The van der Waals surface area contributed by atoms with Gasteiger partial charge < -0.3 is 4.90 Å². The first-order valence-corrected chi connectivity index (χ1v) is 10.9. The summed E-state index contributed by atoms with van der Waals surface area (Å²) in [6.07, 6.45) is 3.55. The van der Waals surface area contributed by atoms with Crippen molar-refractivity contribution in [2.75, 3.05) is 31.1 Å². The zero-order chi connectivity index (χ0) is 19.0. The van der Waals surface area contributed by atoms with Crippen molar-refractivity contribution in [2.45, 2.75) is 11.1 Å². The van der Waals surface area contributed by atoms with Gasteiger partial charge in [0.05, 0.1) is 4.34 Å². The second kappa shape index (κ2) is 7.19. The Hall–Kier alpha value is -2.01. The summed E-state index contributed by atoms with van der Waals surface area (Å²) in [6.45, 7) is 3.78. The summed E-state index contributed by atoms with van der Waals surface area (Å²) >= 11 is 6.95. The highest BCUT2D eigenvalue weighted by Gasteiger charge is 2.30.